The number of hydrogen-bond acceptors (Lipinski definition) is 4. The summed E-state index contributed by atoms with van der Waals surface area (Å²) in [6.07, 6.45) is 8.78. The number of benzene rings is 1. The van der Waals surface area contributed by atoms with Crippen molar-refractivity contribution in [1.29, 1.82) is 0 Å². The topological polar surface area (TPSA) is 30.5 Å². The van der Waals surface area contributed by atoms with Crippen LogP contribution < -0.4 is 15.6 Å². The van der Waals surface area contributed by atoms with Crippen LogP contribution in [0.15, 0.2) is 36.6 Å². The highest BCUT2D eigenvalue weighted by atomic mass is 15.6. The molecule has 2 N–H and O–H groups in total. The molecule has 0 spiro atoms. The Morgan fingerprint density at radius 2 is 2.09 bits per heavy atom. The van der Waals surface area contributed by atoms with E-state index < -0.39 is 0 Å². The third-order valence-corrected chi connectivity index (χ3v) is 4.10. The zero-order valence-electron chi connectivity index (χ0n) is 14.3. The molecule has 2 unspecified atom stereocenters. The van der Waals surface area contributed by atoms with Gasteiger partial charge in [-0.25, -0.2) is 5.01 Å². The second-order valence-corrected chi connectivity index (χ2v) is 5.41. The van der Waals surface area contributed by atoms with Crippen molar-refractivity contribution in [2.24, 2.45) is 0 Å². The molecule has 2 aliphatic heterocycles. The normalized spacial score (nSPS) is 21.0. The molecule has 3 rings (SSSR count). The Labute approximate surface area is 134 Å². The first-order valence-electron chi connectivity index (χ1n) is 8.12. The molecule has 22 heavy (non-hydrogen) atoms. The van der Waals surface area contributed by atoms with Gasteiger partial charge in [-0.05, 0) is 26.1 Å². The Balaban J connectivity index is 0.000000847. The second kappa shape index (κ2) is 7.47. The summed E-state index contributed by atoms with van der Waals surface area (Å²) in [5.74, 6) is 0. The maximum Gasteiger partial charge on any atom is 0.0666 e. The molecule has 2 atom stereocenters. The third kappa shape index (κ3) is 3.18. The summed E-state index contributed by atoms with van der Waals surface area (Å²) >= 11 is 0. The number of likely N-dealkylation sites (N-methyl/N-ethyl adjacent to an activating group) is 2. The predicted molar refractivity (Wildman–Crippen MR) is 97.0 cm³/mol. The quantitative estimate of drug-likeness (QED) is 0.896. The fourth-order valence-electron chi connectivity index (χ4n) is 2.72. The molecule has 1 aromatic rings. The van der Waals surface area contributed by atoms with Gasteiger partial charge in [0.15, 0.2) is 0 Å². The lowest BCUT2D eigenvalue weighted by molar-refractivity contribution is 0.396. The molecule has 0 aromatic heterocycles. The lowest BCUT2D eigenvalue weighted by atomic mass is 10.00. The Kier molecular flexibility index (Phi) is 5.63. The first-order valence-corrected chi connectivity index (χ1v) is 8.12. The van der Waals surface area contributed by atoms with E-state index in [1.165, 1.54) is 16.9 Å². The maximum absolute atomic E-state index is 3.61. The third-order valence-electron chi connectivity index (χ3n) is 4.10. The Morgan fingerprint density at radius 1 is 1.32 bits per heavy atom. The molecule has 0 saturated heterocycles. The van der Waals surface area contributed by atoms with Gasteiger partial charge in [0.1, 0.15) is 0 Å². The molecule has 0 radical (unpaired) electrons. The van der Waals surface area contributed by atoms with E-state index in [-0.39, 0.29) is 0 Å². The summed E-state index contributed by atoms with van der Waals surface area (Å²) in [5.41, 5.74) is 3.68. The molecular weight excluding hydrogens is 272 g/mol. The smallest absolute Gasteiger partial charge is 0.0666 e. The molecule has 1 aromatic carbocycles. The van der Waals surface area contributed by atoms with Gasteiger partial charge in [-0.3, -0.25) is 5.01 Å². The van der Waals surface area contributed by atoms with E-state index >= 15 is 0 Å². The number of nitrogens with one attached hydrogen (secondary N) is 2. The van der Waals surface area contributed by atoms with Gasteiger partial charge < -0.3 is 10.6 Å². The minimum atomic E-state index is 0.328. The van der Waals surface area contributed by atoms with Gasteiger partial charge in [-0.15, -0.1) is 0 Å². The van der Waals surface area contributed by atoms with Crippen LogP contribution in [0.3, 0.4) is 0 Å². The molecule has 0 bridgehead atoms. The van der Waals surface area contributed by atoms with E-state index in [9.17, 15) is 0 Å². The molecule has 0 amide bonds. The van der Waals surface area contributed by atoms with Gasteiger partial charge in [-0.2, -0.15) is 0 Å². The number of nitrogens with zero attached hydrogens (tertiary/aromatic N) is 2. The molecule has 2 heterocycles. The van der Waals surface area contributed by atoms with Crippen LogP contribution in [0, 0.1) is 0 Å². The number of hydrogen-bond donors (Lipinski definition) is 2. The minimum Gasteiger partial charge on any atom is -0.377 e. The first kappa shape index (κ1) is 16.6. The predicted octanol–water partition coefficient (Wildman–Crippen LogP) is 3.31. The Morgan fingerprint density at radius 3 is 2.73 bits per heavy atom. The summed E-state index contributed by atoms with van der Waals surface area (Å²) < 4.78 is 0. The average Bonchev–Trinajstić information content (AvgIpc) is 3.00. The van der Waals surface area contributed by atoms with Crippen LogP contribution >= 0.6 is 0 Å². The summed E-state index contributed by atoms with van der Waals surface area (Å²) in [6.45, 7) is 7.15. The van der Waals surface area contributed by atoms with E-state index in [4.69, 9.17) is 0 Å². The molecule has 0 saturated carbocycles. The standard InChI is InChI=1S/C16H22N4.C2H6/c1-12(17-2)14-9-8-13-15(18-14)6-4-7-16(13)20-11-5-10-19(20)3;1-2/h4-9,11-12,14,17-18H,10H2,1-3H3;1-2H3. The van der Waals surface area contributed by atoms with Crippen molar-refractivity contribution in [3.63, 3.8) is 0 Å². The minimum absolute atomic E-state index is 0.328. The Bertz CT molecular complexity index is 550. The highest BCUT2D eigenvalue weighted by Gasteiger charge is 2.22. The van der Waals surface area contributed by atoms with Crippen molar-refractivity contribution in [3.8, 4) is 0 Å². The maximum atomic E-state index is 3.61. The summed E-state index contributed by atoms with van der Waals surface area (Å²) in [4.78, 5) is 0. The lowest BCUT2D eigenvalue weighted by Crippen LogP contribution is -2.40. The Hall–Kier alpha value is -1.78. The van der Waals surface area contributed by atoms with Crippen molar-refractivity contribution in [2.45, 2.75) is 32.9 Å². The van der Waals surface area contributed by atoms with E-state index in [0.717, 1.165) is 6.54 Å². The molecule has 120 valence electrons. The van der Waals surface area contributed by atoms with Crippen molar-refractivity contribution in [3.05, 3.63) is 42.1 Å². The zero-order valence-corrected chi connectivity index (χ0v) is 14.3. The molecule has 4 heteroatoms. The van der Waals surface area contributed by atoms with Crippen LogP contribution in [0.4, 0.5) is 11.4 Å². The van der Waals surface area contributed by atoms with E-state index in [1.807, 2.05) is 20.9 Å². The van der Waals surface area contributed by atoms with Crippen molar-refractivity contribution < 1.29 is 0 Å². The lowest BCUT2D eigenvalue weighted by Gasteiger charge is -2.32. The van der Waals surface area contributed by atoms with E-state index in [0.29, 0.717) is 12.1 Å². The van der Waals surface area contributed by atoms with Gasteiger partial charge in [0, 0.05) is 37.1 Å². The zero-order chi connectivity index (χ0) is 16.1. The van der Waals surface area contributed by atoms with Gasteiger partial charge in [0.2, 0.25) is 0 Å². The number of hydrazine groups is 1. The second-order valence-electron chi connectivity index (χ2n) is 5.41. The molecule has 0 fully saturated rings. The number of fused-ring (bicyclic) bond motifs is 1. The van der Waals surface area contributed by atoms with Crippen LogP contribution in [0.2, 0.25) is 0 Å². The van der Waals surface area contributed by atoms with E-state index in [1.54, 1.807) is 0 Å². The fourth-order valence-corrected chi connectivity index (χ4v) is 2.72. The number of anilines is 2. The fraction of sp³-hybridized carbons (Fsp3) is 0.444. The van der Waals surface area contributed by atoms with Gasteiger partial charge in [0.25, 0.3) is 0 Å². The summed E-state index contributed by atoms with van der Waals surface area (Å²) in [5, 5.41) is 11.3. The molecule has 2 aliphatic rings. The van der Waals surface area contributed by atoms with Crippen molar-refractivity contribution in [2.75, 3.05) is 31.0 Å². The van der Waals surface area contributed by atoms with Gasteiger partial charge in [0.05, 0.1) is 11.7 Å². The molecule has 4 nitrogen and oxygen atoms in total. The largest absolute Gasteiger partial charge is 0.377 e. The number of rotatable bonds is 3. The SMILES string of the molecule is CC.CNC(C)C1C=Cc2c(cccc2N2C=CCN2C)N1. The summed E-state index contributed by atoms with van der Waals surface area (Å²) in [6, 6.07) is 7.16. The van der Waals surface area contributed by atoms with Crippen LogP contribution in [0.5, 0.6) is 0 Å². The van der Waals surface area contributed by atoms with Crippen molar-refractivity contribution in [1.82, 2.24) is 10.3 Å². The first-order chi connectivity index (χ1) is 10.7. The van der Waals surface area contributed by atoms with E-state index in [2.05, 4.69) is 77.2 Å². The van der Waals surface area contributed by atoms with Crippen LogP contribution in [0.25, 0.3) is 6.08 Å². The highest BCUT2D eigenvalue weighted by Crippen LogP contribution is 2.34. The van der Waals surface area contributed by atoms with Crippen LogP contribution in [0.1, 0.15) is 26.3 Å². The summed E-state index contributed by atoms with van der Waals surface area (Å²) in [7, 11) is 4.10. The van der Waals surface area contributed by atoms with Crippen molar-refractivity contribution >= 4 is 17.5 Å². The van der Waals surface area contributed by atoms with Crippen LogP contribution in [-0.2, 0) is 0 Å². The average molecular weight is 300 g/mol. The highest BCUT2D eigenvalue weighted by molar-refractivity contribution is 5.82. The molecule has 0 aliphatic carbocycles. The van der Waals surface area contributed by atoms with Gasteiger partial charge in [-0.1, -0.05) is 38.1 Å². The van der Waals surface area contributed by atoms with Crippen LogP contribution in [-0.4, -0.2) is 37.7 Å². The monoisotopic (exact) mass is 300 g/mol. The molecular formula is C18H28N4. The van der Waals surface area contributed by atoms with Gasteiger partial charge >= 0.3 is 0 Å².